The van der Waals surface area contributed by atoms with Gasteiger partial charge in [0.2, 0.25) is 0 Å². The Bertz CT molecular complexity index is 644. The second kappa shape index (κ2) is 5.19. The summed E-state index contributed by atoms with van der Waals surface area (Å²) in [6.45, 7) is 0. The fraction of sp³-hybridized carbons (Fsp3) is 0.0714. The lowest BCUT2D eigenvalue weighted by molar-refractivity contribution is 0.0697. The Kier molecular flexibility index (Phi) is 3.44. The molecule has 0 bridgehead atoms. The van der Waals surface area contributed by atoms with Gasteiger partial charge in [0.25, 0.3) is 0 Å². The van der Waals surface area contributed by atoms with E-state index < -0.39 is 5.97 Å². The second-order valence-electron chi connectivity index (χ2n) is 3.90. The molecule has 5 heteroatoms. The lowest BCUT2D eigenvalue weighted by Crippen LogP contribution is -2.15. The molecule has 19 heavy (non-hydrogen) atoms. The van der Waals surface area contributed by atoms with Crippen molar-refractivity contribution in [2.75, 3.05) is 11.9 Å². The van der Waals surface area contributed by atoms with Gasteiger partial charge in [-0.3, -0.25) is 0 Å². The van der Waals surface area contributed by atoms with Gasteiger partial charge >= 0.3 is 5.97 Å². The zero-order valence-corrected chi connectivity index (χ0v) is 10.2. The molecule has 1 N–H and O–H groups in total. The molecule has 94 valence electrons. The van der Waals surface area contributed by atoms with Crippen LogP contribution in [0.2, 0.25) is 0 Å². The highest BCUT2D eigenvalue weighted by Crippen LogP contribution is 2.24. The van der Waals surface area contributed by atoms with Crippen LogP contribution in [-0.2, 0) is 0 Å². The van der Waals surface area contributed by atoms with Gasteiger partial charge in [0, 0.05) is 18.9 Å². The van der Waals surface area contributed by atoms with Crippen molar-refractivity contribution >= 4 is 17.5 Å². The molecule has 0 spiro atoms. The number of carboxylic acid groups (broad SMARTS) is 1. The number of pyridine rings is 1. The standard InChI is InChI=1S/C14H11N3O2/c1-17(11-6-4-10(9-15)5-7-11)13-12(14(18)19)3-2-8-16-13/h2-8H,1H3,(H,18,19). The minimum Gasteiger partial charge on any atom is -0.478 e. The molecule has 1 aromatic heterocycles. The second-order valence-corrected chi connectivity index (χ2v) is 3.90. The third kappa shape index (κ3) is 2.53. The summed E-state index contributed by atoms with van der Waals surface area (Å²) in [7, 11) is 1.73. The fourth-order valence-electron chi connectivity index (χ4n) is 1.71. The number of anilines is 2. The van der Waals surface area contributed by atoms with Crippen molar-refractivity contribution < 1.29 is 9.90 Å². The lowest BCUT2D eigenvalue weighted by atomic mass is 10.2. The number of nitrogens with zero attached hydrogens (tertiary/aromatic N) is 3. The highest BCUT2D eigenvalue weighted by molar-refractivity contribution is 5.94. The molecule has 0 unspecified atom stereocenters. The Hall–Kier alpha value is -2.87. The van der Waals surface area contributed by atoms with Crippen molar-refractivity contribution in [3.8, 4) is 6.07 Å². The van der Waals surface area contributed by atoms with Crippen LogP contribution in [0.1, 0.15) is 15.9 Å². The van der Waals surface area contributed by atoms with Crippen LogP contribution < -0.4 is 4.90 Å². The summed E-state index contributed by atoms with van der Waals surface area (Å²) in [6, 6.07) is 12.0. The first kappa shape index (κ1) is 12.6. The Morgan fingerprint density at radius 2 is 2.00 bits per heavy atom. The number of hydrogen-bond acceptors (Lipinski definition) is 4. The number of carbonyl (C=O) groups is 1. The lowest BCUT2D eigenvalue weighted by Gasteiger charge is -2.19. The van der Waals surface area contributed by atoms with E-state index in [0.717, 1.165) is 5.69 Å². The average Bonchev–Trinajstić information content (AvgIpc) is 2.46. The summed E-state index contributed by atoms with van der Waals surface area (Å²) < 4.78 is 0. The number of aromatic nitrogens is 1. The van der Waals surface area contributed by atoms with E-state index in [9.17, 15) is 4.79 Å². The minimum atomic E-state index is -1.02. The summed E-state index contributed by atoms with van der Waals surface area (Å²) in [5.41, 5.74) is 1.45. The predicted molar refractivity (Wildman–Crippen MR) is 70.4 cm³/mol. The van der Waals surface area contributed by atoms with Gasteiger partial charge in [-0.05, 0) is 36.4 Å². The quantitative estimate of drug-likeness (QED) is 0.908. The molecule has 0 atom stereocenters. The monoisotopic (exact) mass is 253 g/mol. The maximum atomic E-state index is 11.1. The Morgan fingerprint density at radius 1 is 1.32 bits per heavy atom. The van der Waals surface area contributed by atoms with Crippen LogP contribution in [0.25, 0.3) is 0 Å². The number of aromatic carboxylic acids is 1. The summed E-state index contributed by atoms with van der Waals surface area (Å²) in [4.78, 5) is 16.9. The van der Waals surface area contributed by atoms with Crippen LogP contribution in [0.3, 0.4) is 0 Å². The zero-order valence-electron chi connectivity index (χ0n) is 10.2. The smallest absolute Gasteiger partial charge is 0.339 e. The summed E-state index contributed by atoms with van der Waals surface area (Å²) in [6.07, 6.45) is 1.54. The SMILES string of the molecule is CN(c1ccc(C#N)cc1)c1ncccc1C(=O)O. The van der Waals surface area contributed by atoms with Crippen LogP contribution in [0.15, 0.2) is 42.6 Å². The van der Waals surface area contributed by atoms with Crippen LogP contribution >= 0.6 is 0 Å². The first-order chi connectivity index (χ1) is 9.13. The first-order valence-electron chi connectivity index (χ1n) is 5.55. The van der Waals surface area contributed by atoms with Gasteiger partial charge in [-0.2, -0.15) is 5.26 Å². The van der Waals surface area contributed by atoms with Crippen molar-refractivity contribution in [3.05, 3.63) is 53.7 Å². The van der Waals surface area contributed by atoms with Crippen molar-refractivity contribution in [3.63, 3.8) is 0 Å². The van der Waals surface area contributed by atoms with Gasteiger partial charge in [-0.25, -0.2) is 9.78 Å². The topological polar surface area (TPSA) is 77.2 Å². The molecule has 0 radical (unpaired) electrons. The summed E-state index contributed by atoms with van der Waals surface area (Å²) >= 11 is 0. The van der Waals surface area contributed by atoms with Gasteiger partial charge in [0.1, 0.15) is 11.4 Å². The van der Waals surface area contributed by atoms with Gasteiger partial charge < -0.3 is 10.0 Å². The molecule has 0 aliphatic rings. The van der Waals surface area contributed by atoms with Crippen LogP contribution in [0.5, 0.6) is 0 Å². The fourth-order valence-corrected chi connectivity index (χ4v) is 1.71. The zero-order chi connectivity index (χ0) is 13.8. The Labute approximate surface area is 110 Å². The van der Waals surface area contributed by atoms with Crippen molar-refractivity contribution in [1.82, 2.24) is 4.98 Å². The van der Waals surface area contributed by atoms with E-state index in [1.807, 2.05) is 6.07 Å². The highest BCUT2D eigenvalue weighted by Gasteiger charge is 2.15. The highest BCUT2D eigenvalue weighted by atomic mass is 16.4. The molecule has 0 fully saturated rings. The van der Waals surface area contributed by atoms with Crippen LogP contribution in [0, 0.1) is 11.3 Å². The third-order valence-electron chi connectivity index (χ3n) is 2.72. The number of carboxylic acids is 1. The maximum absolute atomic E-state index is 11.1. The number of rotatable bonds is 3. The normalized spacial score (nSPS) is 9.68. The van der Waals surface area contributed by atoms with E-state index in [0.29, 0.717) is 11.4 Å². The molecule has 0 saturated carbocycles. The minimum absolute atomic E-state index is 0.134. The molecule has 0 aliphatic heterocycles. The van der Waals surface area contributed by atoms with Crippen LogP contribution in [0.4, 0.5) is 11.5 Å². The maximum Gasteiger partial charge on any atom is 0.339 e. The first-order valence-corrected chi connectivity index (χ1v) is 5.55. The third-order valence-corrected chi connectivity index (χ3v) is 2.72. The van der Waals surface area contributed by atoms with E-state index in [2.05, 4.69) is 4.98 Å². The van der Waals surface area contributed by atoms with E-state index >= 15 is 0 Å². The summed E-state index contributed by atoms with van der Waals surface area (Å²) in [5, 5.41) is 17.9. The molecular formula is C14H11N3O2. The van der Waals surface area contributed by atoms with Gasteiger partial charge in [-0.15, -0.1) is 0 Å². The number of nitriles is 1. The summed E-state index contributed by atoms with van der Waals surface area (Å²) in [5.74, 6) is -0.664. The van der Waals surface area contributed by atoms with Gasteiger partial charge in [0.05, 0.1) is 11.6 Å². The molecule has 1 heterocycles. The van der Waals surface area contributed by atoms with E-state index in [1.165, 1.54) is 6.07 Å². The van der Waals surface area contributed by atoms with Gasteiger partial charge in [0.15, 0.2) is 0 Å². The number of benzene rings is 1. The molecule has 2 rings (SSSR count). The molecule has 1 aromatic carbocycles. The average molecular weight is 253 g/mol. The van der Waals surface area contributed by atoms with Crippen molar-refractivity contribution in [2.45, 2.75) is 0 Å². The molecule has 2 aromatic rings. The Morgan fingerprint density at radius 3 is 2.58 bits per heavy atom. The molecule has 0 aliphatic carbocycles. The number of hydrogen-bond donors (Lipinski definition) is 1. The molecular weight excluding hydrogens is 242 g/mol. The van der Waals surface area contributed by atoms with E-state index in [-0.39, 0.29) is 5.56 Å². The van der Waals surface area contributed by atoms with E-state index in [1.54, 1.807) is 48.5 Å². The Balaban J connectivity index is 2.41. The molecule has 5 nitrogen and oxygen atoms in total. The van der Waals surface area contributed by atoms with Crippen molar-refractivity contribution in [2.24, 2.45) is 0 Å². The molecule has 0 amide bonds. The largest absolute Gasteiger partial charge is 0.478 e. The van der Waals surface area contributed by atoms with Crippen molar-refractivity contribution in [1.29, 1.82) is 5.26 Å². The van der Waals surface area contributed by atoms with Gasteiger partial charge in [-0.1, -0.05) is 0 Å². The molecule has 0 saturated heterocycles. The van der Waals surface area contributed by atoms with Crippen LogP contribution in [-0.4, -0.2) is 23.1 Å². The van der Waals surface area contributed by atoms with E-state index in [4.69, 9.17) is 10.4 Å². The predicted octanol–water partition coefficient (Wildman–Crippen LogP) is 2.42.